The van der Waals surface area contributed by atoms with Crippen LogP contribution in [0.1, 0.15) is 54.0 Å². The largest absolute Gasteiger partial charge is 0.329 e. The van der Waals surface area contributed by atoms with E-state index < -0.39 is 10.8 Å². The number of anilines is 2. The summed E-state index contributed by atoms with van der Waals surface area (Å²) in [7, 11) is 1.91. The number of rotatable bonds is 9. The standard InChI is InChI=1S/C34H39N5O3S/c1-3-33(12-15-43-16-13-33)32(42)39(21-25-8-5-4-7-24(25)20-35-2)22-29(40)37-27-11-10-23-18-34(19-26(23)17-27)28-9-6-14-36-30(28)38-31(34)41/h4-11,14,17,35H,3,12-13,15-16,18-22H2,1-2H3,(H,37,40)(H,36,38,41)/t34-/m1/s1. The maximum atomic E-state index is 14.2. The minimum absolute atomic E-state index is 0.0237. The molecular weight excluding hydrogens is 558 g/mol. The number of nitrogens with one attached hydrogen (secondary N) is 3. The highest BCUT2D eigenvalue weighted by Gasteiger charge is 2.51. The summed E-state index contributed by atoms with van der Waals surface area (Å²) in [6.07, 6.45) is 5.29. The number of carbonyl (C=O) groups is 3. The number of fused-ring (bicyclic) bond motifs is 3. The zero-order valence-electron chi connectivity index (χ0n) is 24.9. The van der Waals surface area contributed by atoms with Crippen LogP contribution in [-0.2, 0) is 45.7 Å². The Bertz CT molecular complexity index is 1550. The highest BCUT2D eigenvalue weighted by Crippen LogP contribution is 2.47. The number of hydrogen-bond acceptors (Lipinski definition) is 6. The number of pyridine rings is 1. The molecule has 3 amide bonds. The van der Waals surface area contributed by atoms with Crippen LogP contribution in [0.15, 0.2) is 60.8 Å². The number of benzene rings is 2. The van der Waals surface area contributed by atoms with Gasteiger partial charge in [0.2, 0.25) is 17.7 Å². The average molecular weight is 598 g/mol. The van der Waals surface area contributed by atoms with E-state index in [0.717, 1.165) is 58.6 Å². The Hall–Kier alpha value is -3.69. The van der Waals surface area contributed by atoms with Crippen molar-refractivity contribution in [3.05, 3.63) is 88.6 Å². The van der Waals surface area contributed by atoms with Crippen LogP contribution in [-0.4, -0.2) is 52.7 Å². The van der Waals surface area contributed by atoms with Crippen LogP contribution in [0.3, 0.4) is 0 Å². The smallest absolute Gasteiger partial charge is 0.244 e. The lowest BCUT2D eigenvalue weighted by Gasteiger charge is -2.39. The molecule has 1 aliphatic carbocycles. The third-order valence-electron chi connectivity index (χ3n) is 9.51. The highest BCUT2D eigenvalue weighted by atomic mass is 32.2. The molecule has 1 spiro atoms. The zero-order valence-corrected chi connectivity index (χ0v) is 25.7. The first-order valence-electron chi connectivity index (χ1n) is 15.1. The number of nitrogens with zero attached hydrogens (tertiary/aromatic N) is 2. The van der Waals surface area contributed by atoms with Gasteiger partial charge in [0.1, 0.15) is 12.4 Å². The maximum Gasteiger partial charge on any atom is 0.244 e. The number of amides is 3. The third kappa shape index (κ3) is 5.56. The molecule has 6 rings (SSSR count). The van der Waals surface area contributed by atoms with E-state index in [4.69, 9.17) is 0 Å². The first-order chi connectivity index (χ1) is 20.9. The molecule has 0 saturated carbocycles. The molecule has 1 fully saturated rings. The number of hydrogen-bond donors (Lipinski definition) is 3. The predicted molar refractivity (Wildman–Crippen MR) is 171 cm³/mol. The number of carbonyl (C=O) groups excluding carboxylic acids is 3. The molecule has 3 aromatic rings. The number of aromatic nitrogens is 1. The molecule has 2 aliphatic heterocycles. The van der Waals surface area contributed by atoms with Gasteiger partial charge in [0.25, 0.3) is 0 Å². The molecule has 1 saturated heterocycles. The molecule has 224 valence electrons. The van der Waals surface area contributed by atoms with Crippen molar-refractivity contribution in [2.24, 2.45) is 5.41 Å². The summed E-state index contributed by atoms with van der Waals surface area (Å²) in [6, 6.07) is 17.8. The lowest BCUT2D eigenvalue weighted by Crippen LogP contribution is -2.48. The average Bonchev–Trinajstić information content (AvgIpc) is 3.54. The Balaban J connectivity index is 1.21. The summed E-state index contributed by atoms with van der Waals surface area (Å²) in [5.41, 5.74) is 4.82. The van der Waals surface area contributed by atoms with Gasteiger partial charge >= 0.3 is 0 Å². The van der Waals surface area contributed by atoms with Crippen molar-refractivity contribution in [3.63, 3.8) is 0 Å². The molecule has 3 N–H and O–H groups in total. The molecule has 2 aromatic carbocycles. The van der Waals surface area contributed by atoms with Crippen LogP contribution in [0.5, 0.6) is 0 Å². The van der Waals surface area contributed by atoms with Gasteiger partial charge in [-0.25, -0.2) is 4.98 Å². The lowest BCUT2D eigenvalue weighted by atomic mass is 9.78. The van der Waals surface area contributed by atoms with Crippen LogP contribution in [0.25, 0.3) is 0 Å². The van der Waals surface area contributed by atoms with E-state index in [0.29, 0.717) is 37.4 Å². The topological polar surface area (TPSA) is 103 Å². The molecule has 0 unspecified atom stereocenters. The van der Waals surface area contributed by atoms with E-state index in [1.165, 1.54) is 0 Å². The molecule has 9 heteroatoms. The van der Waals surface area contributed by atoms with Gasteiger partial charge < -0.3 is 20.9 Å². The molecule has 0 radical (unpaired) electrons. The SMILES string of the molecule is CCC1(C(=O)N(CC(=O)Nc2ccc3c(c2)C[C@@]2(C3)C(=O)Nc3ncccc32)Cc2ccccc2CNC)CCSCC1. The molecule has 1 atom stereocenters. The Labute approximate surface area is 257 Å². The van der Waals surface area contributed by atoms with Gasteiger partial charge in [-0.15, -0.1) is 0 Å². The molecule has 1 aromatic heterocycles. The molecule has 3 heterocycles. The Morgan fingerprint density at radius 1 is 1.02 bits per heavy atom. The quantitative estimate of drug-likeness (QED) is 0.331. The predicted octanol–water partition coefficient (Wildman–Crippen LogP) is 4.68. The molecule has 3 aliphatic rings. The van der Waals surface area contributed by atoms with Gasteiger partial charge in [0, 0.05) is 30.5 Å². The van der Waals surface area contributed by atoms with E-state index in [-0.39, 0.29) is 24.3 Å². The second kappa shape index (κ2) is 12.1. The summed E-state index contributed by atoms with van der Waals surface area (Å²) < 4.78 is 0. The van der Waals surface area contributed by atoms with Crippen LogP contribution in [0.2, 0.25) is 0 Å². The second-order valence-corrected chi connectivity index (χ2v) is 13.3. The fraction of sp³-hybridized carbons (Fsp3) is 0.412. The van der Waals surface area contributed by atoms with Crippen LogP contribution >= 0.6 is 11.8 Å². The third-order valence-corrected chi connectivity index (χ3v) is 10.5. The molecule has 43 heavy (non-hydrogen) atoms. The summed E-state index contributed by atoms with van der Waals surface area (Å²) in [5, 5.41) is 9.23. The van der Waals surface area contributed by atoms with Crippen molar-refractivity contribution in [1.29, 1.82) is 0 Å². The van der Waals surface area contributed by atoms with Crippen LogP contribution in [0, 0.1) is 5.41 Å². The van der Waals surface area contributed by atoms with Crippen LogP contribution < -0.4 is 16.0 Å². The fourth-order valence-electron chi connectivity index (χ4n) is 7.01. The van der Waals surface area contributed by atoms with Gasteiger partial charge in [-0.05, 0) is 91.1 Å². The summed E-state index contributed by atoms with van der Waals surface area (Å²) in [5.74, 6) is 2.38. The van der Waals surface area contributed by atoms with Crippen molar-refractivity contribution in [1.82, 2.24) is 15.2 Å². The van der Waals surface area contributed by atoms with Gasteiger partial charge in [-0.3, -0.25) is 14.4 Å². The first kappa shape index (κ1) is 29.4. The second-order valence-electron chi connectivity index (χ2n) is 12.0. The first-order valence-corrected chi connectivity index (χ1v) is 16.3. The fourth-order valence-corrected chi connectivity index (χ4v) is 8.29. The Kier molecular flexibility index (Phi) is 8.29. The van der Waals surface area contributed by atoms with E-state index in [2.05, 4.69) is 33.9 Å². The number of thioether (sulfide) groups is 1. The highest BCUT2D eigenvalue weighted by molar-refractivity contribution is 7.99. The normalized spacial score (nSPS) is 19.9. The van der Waals surface area contributed by atoms with E-state index >= 15 is 0 Å². The van der Waals surface area contributed by atoms with Crippen LogP contribution in [0.4, 0.5) is 11.5 Å². The Morgan fingerprint density at radius 2 is 1.79 bits per heavy atom. The van der Waals surface area contributed by atoms with Gasteiger partial charge in [0.05, 0.1) is 10.8 Å². The molecular formula is C34H39N5O3S. The van der Waals surface area contributed by atoms with E-state index in [9.17, 15) is 14.4 Å². The maximum absolute atomic E-state index is 14.2. The van der Waals surface area contributed by atoms with Gasteiger partial charge in [-0.1, -0.05) is 43.3 Å². The summed E-state index contributed by atoms with van der Waals surface area (Å²) in [6.45, 7) is 3.14. The minimum atomic E-state index is -0.661. The Morgan fingerprint density at radius 3 is 2.56 bits per heavy atom. The van der Waals surface area contributed by atoms with Crippen molar-refractivity contribution in [2.75, 3.05) is 35.7 Å². The molecule has 0 bridgehead atoms. The lowest BCUT2D eigenvalue weighted by molar-refractivity contribution is -0.145. The summed E-state index contributed by atoms with van der Waals surface area (Å²) in [4.78, 5) is 47.0. The van der Waals surface area contributed by atoms with Gasteiger partial charge in [-0.2, -0.15) is 11.8 Å². The van der Waals surface area contributed by atoms with E-state index in [1.807, 2.05) is 67.3 Å². The van der Waals surface area contributed by atoms with Crippen molar-refractivity contribution >= 4 is 41.0 Å². The minimum Gasteiger partial charge on any atom is -0.329 e. The van der Waals surface area contributed by atoms with Gasteiger partial charge in [0.15, 0.2) is 0 Å². The zero-order chi connectivity index (χ0) is 30.0. The van der Waals surface area contributed by atoms with Crippen molar-refractivity contribution in [2.45, 2.75) is 57.5 Å². The monoisotopic (exact) mass is 597 g/mol. The van der Waals surface area contributed by atoms with Crippen molar-refractivity contribution in [3.8, 4) is 0 Å². The van der Waals surface area contributed by atoms with Crippen molar-refractivity contribution < 1.29 is 14.4 Å². The molecule has 8 nitrogen and oxygen atoms in total. The van der Waals surface area contributed by atoms with E-state index in [1.54, 1.807) is 11.1 Å². The summed E-state index contributed by atoms with van der Waals surface area (Å²) >= 11 is 1.90.